The molecular formula is C10H13N3S. The van der Waals surface area contributed by atoms with E-state index in [9.17, 15) is 0 Å². The van der Waals surface area contributed by atoms with Gasteiger partial charge in [-0.15, -0.1) is 11.3 Å². The molecule has 14 heavy (non-hydrogen) atoms. The molecule has 74 valence electrons. The number of nitrogens with one attached hydrogen (secondary N) is 1. The third kappa shape index (κ3) is 1.14. The Morgan fingerprint density at radius 2 is 2.07 bits per heavy atom. The molecule has 0 bridgehead atoms. The maximum atomic E-state index is 5.65. The minimum absolute atomic E-state index is 0.566. The molecule has 0 unspecified atom stereocenters. The molecule has 1 aliphatic heterocycles. The fourth-order valence-corrected chi connectivity index (χ4v) is 3.53. The van der Waals surface area contributed by atoms with Crippen LogP contribution < -0.4 is 11.1 Å². The highest BCUT2D eigenvalue weighted by Gasteiger charge is 2.22. The number of guanidine groups is 1. The zero-order valence-electron chi connectivity index (χ0n) is 7.97. The van der Waals surface area contributed by atoms with Crippen LogP contribution in [0.3, 0.4) is 0 Å². The first-order chi connectivity index (χ1) is 6.84. The fourth-order valence-electron chi connectivity index (χ4n) is 2.22. The number of anilines is 1. The smallest absolute Gasteiger partial charge is 0.194 e. The van der Waals surface area contributed by atoms with Gasteiger partial charge in [0.05, 0.1) is 6.54 Å². The number of rotatable bonds is 0. The fraction of sp³-hybridized carbons (Fsp3) is 0.500. The zero-order valence-corrected chi connectivity index (χ0v) is 8.78. The Balaban J connectivity index is 2.07. The number of fused-ring (bicyclic) bond motifs is 3. The summed E-state index contributed by atoms with van der Waals surface area (Å²) in [6, 6.07) is 0. The Bertz CT molecular complexity index is 406. The molecule has 0 spiro atoms. The molecule has 0 amide bonds. The number of nitrogens with two attached hydrogens (primary N) is 1. The SMILES string of the molecule is NC1=NCc2c(sc3c2CCCC3)N1. The van der Waals surface area contributed by atoms with Gasteiger partial charge in [-0.3, -0.25) is 0 Å². The van der Waals surface area contributed by atoms with Gasteiger partial charge < -0.3 is 11.1 Å². The van der Waals surface area contributed by atoms with E-state index in [1.165, 1.54) is 36.2 Å². The van der Waals surface area contributed by atoms with Gasteiger partial charge in [0.1, 0.15) is 5.00 Å². The van der Waals surface area contributed by atoms with Crippen molar-refractivity contribution >= 4 is 22.3 Å². The minimum atomic E-state index is 0.566. The molecule has 2 aliphatic rings. The molecular weight excluding hydrogens is 194 g/mol. The topological polar surface area (TPSA) is 50.4 Å². The number of aliphatic imine (C=N–C) groups is 1. The van der Waals surface area contributed by atoms with E-state index in [1.54, 1.807) is 10.4 Å². The molecule has 4 heteroatoms. The highest BCUT2D eigenvalue weighted by atomic mass is 32.1. The van der Waals surface area contributed by atoms with Crippen molar-refractivity contribution < 1.29 is 0 Å². The summed E-state index contributed by atoms with van der Waals surface area (Å²) in [5.41, 5.74) is 8.61. The van der Waals surface area contributed by atoms with Gasteiger partial charge in [-0.1, -0.05) is 0 Å². The lowest BCUT2D eigenvalue weighted by Gasteiger charge is -2.14. The second kappa shape index (κ2) is 2.98. The number of hydrogen-bond acceptors (Lipinski definition) is 4. The molecule has 3 nitrogen and oxygen atoms in total. The summed E-state index contributed by atoms with van der Waals surface area (Å²) in [5, 5.41) is 4.40. The molecule has 0 atom stereocenters. The predicted molar refractivity (Wildman–Crippen MR) is 59.9 cm³/mol. The largest absolute Gasteiger partial charge is 0.370 e. The third-order valence-corrected chi connectivity index (χ3v) is 4.18. The minimum Gasteiger partial charge on any atom is -0.370 e. The highest BCUT2D eigenvalue weighted by molar-refractivity contribution is 7.16. The van der Waals surface area contributed by atoms with Crippen molar-refractivity contribution in [3.8, 4) is 0 Å². The van der Waals surface area contributed by atoms with Gasteiger partial charge in [0.2, 0.25) is 0 Å². The summed E-state index contributed by atoms with van der Waals surface area (Å²) in [7, 11) is 0. The average molecular weight is 207 g/mol. The molecule has 0 aromatic carbocycles. The monoisotopic (exact) mass is 207 g/mol. The molecule has 0 saturated heterocycles. The zero-order chi connectivity index (χ0) is 9.54. The van der Waals surface area contributed by atoms with Crippen molar-refractivity contribution in [3.63, 3.8) is 0 Å². The Labute approximate surface area is 87.0 Å². The van der Waals surface area contributed by atoms with Crippen LogP contribution in [-0.2, 0) is 19.4 Å². The van der Waals surface area contributed by atoms with Gasteiger partial charge in [0, 0.05) is 10.4 Å². The van der Waals surface area contributed by atoms with Crippen LogP contribution >= 0.6 is 11.3 Å². The number of hydrogen-bond donors (Lipinski definition) is 2. The summed E-state index contributed by atoms with van der Waals surface area (Å²) in [6.45, 7) is 0.778. The van der Waals surface area contributed by atoms with Gasteiger partial charge in [0.25, 0.3) is 0 Å². The molecule has 3 rings (SSSR count). The quantitative estimate of drug-likeness (QED) is 0.682. The lowest BCUT2D eigenvalue weighted by atomic mass is 9.95. The second-order valence-corrected chi connectivity index (χ2v) is 4.95. The van der Waals surface area contributed by atoms with Gasteiger partial charge in [-0.2, -0.15) is 0 Å². The Hall–Kier alpha value is -1.03. The van der Waals surface area contributed by atoms with Crippen LogP contribution in [0.25, 0.3) is 0 Å². The van der Waals surface area contributed by atoms with Crippen molar-refractivity contribution in [3.05, 3.63) is 16.0 Å². The van der Waals surface area contributed by atoms with Crippen LogP contribution in [0.5, 0.6) is 0 Å². The Kier molecular flexibility index (Phi) is 1.77. The van der Waals surface area contributed by atoms with Crippen LogP contribution in [0.2, 0.25) is 0 Å². The molecule has 1 aromatic rings. The third-order valence-electron chi connectivity index (χ3n) is 2.93. The lowest BCUT2D eigenvalue weighted by Crippen LogP contribution is -2.25. The van der Waals surface area contributed by atoms with E-state index in [0.29, 0.717) is 5.96 Å². The number of thiophene rings is 1. The van der Waals surface area contributed by atoms with Crippen molar-refractivity contribution in [1.82, 2.24) is 0 Å². The molecule has 1 aromatic heterocycles. The molecule has 0 fully saturated rings. The van der Waals surface area contributed by atoms with Gasteiger partial charge in [-0.25, -0.2) is 4.99 Å². The van der Waals surface area contributed by atoms with Crippen LogP contribution in [-0.4, -0.2) is 5.96 Å². The van der Waals surface area contributed by atoms with E-state index < -0.39 is 0 Å². The lowest BCUT2D eigenvalue weighted by molar-refractivity contribution is 0.691. The van der Waals surface area contributed by atoms with E-state index >= 15 is 0 Å². The molecule has 0 radical (unpaired) electrons. The van der Waals surface area contributed by atoms with Gasteiger partial charge >= 0.3 is 0 Å². The molecule has 1 aliphatic carbocycles. The number of aryl methyl sites for hydroxylation is 1. The summed E-state index contributed by atoms with van der Waals surface area (Å²) < 4.78 is 0. The standard InChI is InChI=1S/C10H13N3S/c11-10-12-5-7-6-3-1-2-4-8(6)14-9(7)13-10/h1-5H2,(H3,11,12,13). The van der Waals surface area contributed by atoms with E-state index in [4.69, 9.17) is 5.73 Å². The molecule has 2 heterocycles. The number of nitrogens with zero attached hydrogens (tertiary/aromatic N) is 1. The molecule has 0 saturated carbocycles. The first-order valence-corrected chi connectivity index (χ1v) is 5.86. The first-order valence-electron chi connectivity index (χ1n) is 5.05. The van der Waals surface area contributed by atoms with E-state index in [2.05, 4.69) is 10.3 Å². The van der Waals surface area contributed by atoms with Crippen LogP contribution in [0.15, 0.2) is 4.99 Å². The van der Waals surface area contributed by atoms with Crippen LogP contribution in [0, 0.1) is 0 Å². The normalized spacial score (nSPS) is 19.3. The van der Waals surface area contributed by atoms with E-state index in [-0.39, 0.29) is 0 Å². The van der Waals surface area contributed by atoms with Crippen molar-refractivity contribution in [2.75, 3.05) is 5.32 Å². The summed E-state index contributed by atoms with van der Waals surface area (Å²) in [5.74, 6) is 0.566. The maximum Gasteiger partial charge on any atom is 0.194 e. The Morgan fingerprint density at radius 1 is 1.21 bits per heavy atom. The maximum absolute atomic E-state index is 5.65. The highest BCUT2D eigenvalue weighted by Crippen LogP contribution is 2.39. The summed E-state index contributed by atoms with van der Waals surface area (Å²) in [6.07, 6.45) is 5.14. The second-order valence-electron chi connectivity index (χ2n) is 3.85. The van der Waals surface area contributed by atoms with Gasteiger partial charge in [0.15, 0.2) is 5.96 Å². The average Bonchev–Trinajstić information content (AvgIpc) is 2.54. The van der Waals surface area contributed by atoms with E-state index in [1.807, 2.05) is 11.3 Å². The molecule has 3 N–H and O–H groups in total. The summed E-state index contributed by atoms with van der Waals surface area (Å²) >= 11 is 1.87. The first kappa shape index (κ1) is 8.29. The summed E-state index contributed by atoms with van der Waals surface area (Å²) in [4.78, 5) is 5.80. The van der Waals surface area contributed by atoms with Gasteiger partial charge in [-0.05, 0) is 31.2 Å². The van der Waals surface area contributed by atoms with Crippen molar-refractivity contribution in [2.45, 2.75) is 32.2 Å². The Morgan fingerprint density at radius 3 is 3.00 bits per heavy atom. The van der Waals surface area contributed by atoms with Crippen molar-refractivity contribution in [1.29, 1.82) is 0 Å². The van der Waals surface area contributed by atoms with Crippen molar-refractivity contribution in [2.24, 2.45) is 10.7 Å². The van der Waals surface area contributed by atoms with E-state index in [0.717, 1.165) is 6.54 Å². The predicted octanol–water partition coefficient (Wildman–Crippen LogP) is 1.87. The van der Waals surface area contributed by atoms with Crippen LogP contribution in [0.4, 0.5) is 5.00 Å². The van der Waals surface area contributed by atoms with Crippen LogP contribution in [0.1, 0.15) is 28.8 Å².